The summed E-state index contributed by atoms with van der Waals surface area (Å²) < 4.78 is 56.0. The third-order valence-corrected chi connectivity index (χ3v) is 10.3. The van der Waals surface area contributed by atoms with Gasteiger partial charge in [0.2, 0.25) is 10.0 Å². The maximum absolute atomic E-state index is 13.7. The van der Waals surface area contributed by atoms with Gasteiger partial charge in [-0.05, 0) is 100 Å². The Balaban J connectivity index is 1.42. The summed E-state index contributed by atoms with van der Waals surface area (Å²) in [5.74, 6) is -0.579. The standard InChI is InChI=1S/C33H38BFN4O5S/c1-20-16-21(8-15-26(20)34-43-32(2,3)33(4,5)44-34)18-39(45(7,41)42)28-19-38-27(17-25(28)22-9-10-22)29(31(40)36-6)30(37-38)23-11-13-24(35)14-12-23/h8,11-17,19,22H,9-10,18H2,1-7H3,(H,36,40). The lowest BCUT2D eigenvalue weighted by Gasteiger charge is -2.32. The van der Waals surface area contributed by atoms with Crippen LogP contribution in [0.2, 0.25) is 0 Å². The molecule has 0 bridgehead atoms. The molecule has 3 heterocycles. The fourth-order valence-electron chi connectivity index (χ4n) is 5.80. The van der Waals surface area contributed by atoms with Gasteiger partial charge in [-0.15, -0.1) is 0 Å². The Morgan fingerprint density at radius 1 is 1.09 bits per heavy atom. The minimum Gasteiger partial charge on any atom is -0.399 e. The van der Waals surface area contributed by atoms with Gasteiger partial charge in [-0.3, -0.25) is 9.10 Å². The number of hydrogen-bond donors (Lipinski definition) is 1. The highest BCUT2D eigenvalue weighted by atomic mass is 32.2. The summed E-state index contributed by atoms with van der Waals surface area (Å²) in [5, 5.41) is 7.40. The fraction of sp³-hybridized carbons (Fsp3) is 0.394. The van der Waals surface area contributed by atoms with E-state index in [4.69, 9.17) is 14.4 Å². The van der Waals surface area contributed by atoms with Gasteiger partial charge >= 0.3 is 7.12 Å². The van der Waals surface area contributed by atoms with E-state index in [1.807, 2.05) is 58.9 Å². The number of carbonyl (C=O) groups is 1. The van der Waals surface area contributed by atoms with Crippen molar-refractivity contribution in [2.45, 2.75) is 71.1 Å². The summed E-state index contributed by atoms with van der Waals surface area (Å²) in [4.78, 5) is 13.1. The van der Waals surface area contributed by atoms with Gasteiger partial charge in [-0.25, -0.2) is 17.3 Å². The summed E-state index contributed by atoms with van der Waals surface area (Å²) in [6.07, 6.45) is 4.71. The van der Waals surface area contributed by atoms with Gasteiger partial charge in [0.15, 0.2) is 0 Å². The number of nitrogens with one attached hydrogen (secondary N) is 1. The van der Waals surface area contributed by atoms with Crippen LogP contribution in [0.4, 0.5) is 10.1 Å². The molecule has 2 aliphatic rings. The predicted octanol–water partition coefficient (Wildman–Crippen LogP) is 4.95. The van der Waals surface area contributed by atoms with Crippen LogP contribution in [-0.2, 0) is 25.9 Å². The van der Waals surface area contributed by atoms with Crippen LogP contribution in [0, 0.1) is 12.7 Å². The molecular weight excluding hydrogens is 594 g/mol. The van der Waals surface area contributed by atoms with Crippen molar-refractivity contribution >= 4 is 39.7 Å². The van der Waals surface area contributed by atoms with Crippen molar-refractivity contribution in [3.63, 3.8) is 0 Å². The third-order valence-electron chi connectivity index (χ3n) is 9.21. The zero-order chi connectivity index (χ0) is 32.5. The molecule has 236 valence electrons. The van der Waals surface area contributed by atoms with E-state index in [0.717, 1.165) is 35.0 Å². The Hall–Kier alpha value is -3.74. The molecule has 1 aliphatic carbocycles. The molecule has 1 amide bonds. The maximum atomic E-state index is 13.7. The van der Waals surface area contributed by atoms with E-state index >= 15 is 0 Å². The second kappa shape index (κ2) is 11.0. The molecule has 45 heavy (non-hydrogen) atoms. The van der Waals surface area contributed by atoms with E-state index in [2.05, 4.69) is 5.32 Å². The first-order valence-corrected chi connectivity index (χ1v) is 16.9. The zero-order valence-corrected chi connectivity index (χ0v) is 27.5. The molecule has 0 spiro atoms. The molecule has 2 aromatic carbocycles. The summed E-state index contributed by atoms with van der Waals surface area (Å²) in [6, 6.07) is 13.5. The van der Waals surface area contributed by atoms with E-state index in [1.54, 1.807) is 29.9 Å². The number of amides is 1. The van der Waals surface area contributed by atoms with Crippen molar-refractivity contribution in [3.05, 3.63) is 82.8 Å². The normalized spacial score (nSPS) is 17.6. The van der Waals surface area contributed by atoms with Crippen LogP contribution in [0.5, 0.6) is 0 Å². The minimum atomic E-state index is -3.74. The van der Waals surface area contributed by atoms with Crippen LogP contribution in [0.15, 0.2) is 54.7 Å². The quantitative estimate of drug-likeness (QED) is 0.276. The van der Waals surface area contributed by atoms with Crippen molar-refractivity contribution in [2.24, 2.45) is 0 Å². The molecule has 6 rings (SSSR count). The number of halogens is 1. The lowest BCUT2D eigenvalue weighted by atomic mass is 9.76. The van der Waals surface area contributed by atoms with Crippen molar-refractivity contribution in [1.82, 2.24) is 14.9 Å². The number of fused-ring (bicyclic) bond motifs is 1. The van der Waals surface area contributed by atoms with Crippen molar-refractivity contribution in [2.75, 3.05) is 17.6 Å². The van der Waals surface area contributed by atoms with Crippen molar-refractivity contribution < 1.29 is 26.9 Å². The molecule has 2 aromatic heterocycles. The molecule has 12 heteroatoms. The molecule has 1 saturated carbocycles. The van der Waals surface area contributed by atoms with Gasteiger partial charge in [-0.2, -0.15) is 5.10 Å². The number of pyridine rings is 1. The monoisotopic (exact) mass is 632 g/mol. The number of benzene rings is 2. The molecule has 4 aromatic rings. The molecule has 9 nitrogen and oxygen atoms in total. The summed E-state index contributed by atoms with van der Waals surface area (Å²) >= 11 is 0. The molecule has 2 fully saturated rings. The average molecular weight is 633 g/mol. The third kappa shape index (κ3) is 5.75. The lowest BCUT2D eigenvalue weighted by Crippen LogP contribution is -2.41. The summed E-state index contributed by atoms with van der Waals surface area (Å²) in [6.45, 7) is 10.1. The van der Waals surface area contributed by atoms with Crippen LogP contribution in [0.1, 0.15) is 73.5 Å². The number of carbonyl (C=O) groups excluding carboxylic acids is 1. The number of anilines is 1. The number of rotatable bonds is 8. The molecule has 0 atom stereocenters. The zero-order valence-electron chi connectivity index (χ0n) is 26.6. The fourth-order valence-corrected chi connectivity index (χ4v) is 6.70. The molecule has 1 aliphatic heterocycles. The minimum absolute atomic E-state index is 0.100. The predicted molar refractivity (Wildman–Crippen MR) is 174 cm³/mol. The van der Waals surface area contributed by atoms with E-state index in [9.17, 15) is 17.6 Å². The van der Waals surface area contributed by atoms with Crippen molar-refractivity contribution in [3.8, 4) is 11.3 Å². The van der Waals surface area contributed by atoms with Gasteiger partial charge < -0.3 is 14.6 Å². The lowest BCUT2D eigenvalue weighted by molar-refractivity contribution is 0.00578. The summed E-state index contributed by atoms with van der Waals surface area (Å²) in [5.41, 5.74) is 4.89. The highest BCUT2D eigenvalue weighted by Crippen LogP contribution is 2.46. The SMILES string of the molecule is CNC(=O)c1c(-c2ccc(F)cc2)nn2cc(N(Cc3ccc(B4OC(C)(C)C(C)(C)O4)c(C)c3)S(C)(=O)=O)c(C3CC3)cc12. The number of aryl methyl sites for hydroxylation is 1. The van der Waals surface area contributed by atoms with Crippen LogP contribution >= 0.6 is 0 Å². The Kier molecular flexibility index (Phi) is 7.61. The van der Waals surface area contributed by atoms with Crippen molar-refractivity contribution in [1.29, 1.82) is 0 Å². The van der Waals surface area contributed by atoms with E-state index < -0.39 is 34.2 Å². The van der Waals surface area contributed by atoms with Crippen LogP contribution < -0.4 is 15.1 Å². The first kappa shape index (κ1) is 31.3. The van der Waals surface area contributed by atoms with E-state index in [-0.39, 0.29) is 18.4 Å². The first-order chi connectivity index (χ1) is 21.1. The second-order valence-corrected chi connectivity index (χ2v) is 15.0. The highest BCUT2D eigenvalue weighted by molar-refractivity contribution is 7.92. The number of sulfonamides is 1. The largest absolute Gasteiger partial charge is 0.495 e. The molecule has 1 N–H and O–H groups in total. The molecular formula is C33H38BFN4O5S. The number of nitrogens with zero attached hydrogens (tertiary/aromatic N) is 3. The first-order valence-electron chi connectivity index (χ1n) is 15.1. The van der Waals surface area contributed by atoms with E-state index in [0.29, 0.717) is 28.0 Å². The van der Waals surface area contributed by atoms with Crippen LogP contribution in [0.25, 0.3) is 16.8 Å². The Morgan fingerprint density at radius 3 is 2.29 bits per heavy atom. The second-order valence-electron chi connectivity index (χ2n) is 13.1. The summed E-state index contributed by atoms with van der Waals surface area (Å²) in [7, 11) is -2.72. The smallest absolute Gasteiger partial charge is 0.399 e. The molecule has 0 unspecified atom stereocenters. The Morgan fingerprint density at radius 2 is 1.73 bits per heavy atom. The van der Waals surface area contributed by atoms with Gasteiger partial charge in [0.25, 0.3) is 5.91 Å². The molecule has 0 radical (unpaired) electrons. The number of aromatic nitrogens is 2. The van der Waals surface area contributed by atoms with E-state index in [1.165, 1.54) is 22.7 Å². The number of hydrogen-bond acceptors (Lipinski definition) is 6. The van der Waals surface area contributed by atoms with Gasteiger partial charge in [0, 0.05) is 12.6 Å². The van der Waals surface area contributed by atoms with Crippen LogP contribution in [0.3, 0.4) is 0 Å². The van der Waals surface area contributed by atoms with Gasteiger partial charge in [0.1, 0.15) is 11.5 Å². The maximum Gasteiger partial charge on any atom is 0.495 e. The topological polar surface area (TPSA) is 102 Å². The molecule has 1 saturated heterocycles. The van der Waals surface area contributed by atoms with Gasteiger partial charge in [-0.1, -0.05) is 23.8 Å². The Bertz CT molecular complexity index is 1900. The highest BCUT2D eigenvalue weighted by Gasteiger charge is 2.52. The Labute approximate surface area is 263 Å². The van der Waals surface area contributed by atoms with Gasteiger partial charge in [0.05, 0.1) is 47.0 Å². The average Bonchev–Trinajstić information content (AvgIpc) is 3.70. The van der Waals surface area contributed by atoms with Crippen LogP contribution in [-0.4, -0.2) is 55.6 Å².